The zero-order valence-electron chi connectivity index (χ0n) is 15.7. The van der Waals surface area contributed by atoms with E-state index in [9.17, 15) is 4.79 Å². The van der Waals surface area contributed by atoms with E-state index in [0.717, 1.165) is 31.9 Å². The SMILES string of the molecule is CCNC(=NCC(C)(C)N1CCCCC1)NCCNC(=O)C1CC1. The largest absolute Gasteiger partial charge is 0.357 e. The number of rotatable bonds is 8. The molecule has 138 valence electrons. The van der Waals surface area contributed by atoms with Crippen molar-refractivity contribution in [3.05, 3.63) is 0 Å². The molecule has 1 heterocycles. The van der Waals surface area contributed by atoms with Crippen LogP contribution in [0, 0.1) is 5.92 Å². The number of piperidine rings is 1. The second-order valence-electron chi connectivity index (χ2n) is 7.55. The molecule has 0 aromatic carbocycles. The first kappa shape index (κ1) is 19.0. The van der Waals surface area contributed by atoms with Crippen LogP contribution in [-0.4, -0.2) is 61.6 Å². The summed E-state index contributed by atoms with van der Waals surface area (Å²) >= 11 is 0. The molecule has 1 amide bonds. The molecule has 0 unspecified atom stereocenters. The van der Waals surface area contributed by atoms with E-state index in [2.05, 4.69) is 41.6 Å². The fourth-order valence-electron chi connectivity index (χ4n) is 3.07. The fraction of sp³-hybridized carbons (Fsp3) is 0.889. The lowest BCUT2D eigenvalue weighted by molar-refractivity contribution is -0.122. The highest BCUT2D eigenvalue weighted by molar-refractivity contribution is 5.81. The van der Waals surface area contributed by atoms with Gasteiger partial charge in [0.1, 0.15) is 0 Å². The lowest BCUT2D eigenvalue weighted by Crippen LogP contribution is -2.50. The molecule has 0 atom stereocenters. The van der Waals surface area contributed by atoms with Gasteiger partial charge in [-0.15, -0.1) is 0 Å². The molecule has 0 aromatic rings. The summed E-state index contributed by atoms with van der Waals surface area (Å²) in [4.78, 5) is 18.9. The summed E-state index contributed by atoms with van der Waals surface area (Å²) in [6, 6.07) is 0. The lowest BCUT2D eigenvalue weighted by atomic mass is 9.99. The molecule has 2 rings (SSSR count). The maximum absolute atomic E-state index is 11.6. The minimum absolute atomic E-state index is 0.0863. The summed E-state index contributed by atoms with van der Waals surface area (Å²) < 4.78 is 0. The molecule has 1 aliphatic heterocycles. The average molecular weight is 338 g/mol. The van der Waals surface area contributed by atoms with E-state index in [0.29, 0.717) is 13.1 Å². The molecule has 6 nitrogen and oxygen atoms in total. The molecule has 6 heteroatoms. The number of carbonyl (C=O) groups is 1. The van der Waals surface area contributed by atoms with Crippen LogP contribution in [0.2, 0.25) is 0 Å². The number of likely N-dealkylation sites (tertiary alicyclic amines) is 1. The van der Waals surface area contributed by atoms with Crippen LogP contribution in [0.4, 0.5) is 0 Å². The first-order valence-electron chi connectivity index (χ1n) is 9.58. The Morgan fingerprint density at radius 1 is 1.08 bits per heavy atom. The molecule has 0 bridgehead atoms. The molecule has 0 radical (unpaired) electrons. The standard InChI is InChI=1S/C18H35N5O/c1-4-19-17(21-11-10-20-16(24)15-8-9-15)22-14-18(2,3)23-12-6-5-7-13-23/h15H,4-14H2,1-3H3,(H,20,24)(H2,19,21,22). The first-order chi connectivity index (χ1) is 11.5. The zero-order valence-corrected chi connectivity index (χ0v) is 15.7. The van der Waals surface area contributed by atoms with Crippen LogP contribution in [0.1, 0.15) is 52.9 Å². The number of hydrogen-bond acceptors (Lipinski definition) is 3. The van der Waals surface area contributed by atoms with E-state index in [-0.39, 0.29) is 17.4 Å². The highest BCUT2D eigenvalue weighted by Gasteiger charge is 2.29. The third-order valence-corrected chi connectivity index (χ3v) is 4.85. The van der Waals surface area contributed by atoms with Crippen LogP contribution >= 0.6 is 0 Å². The Bertz CT molecular complexity index is 425. The Morgan fingerprint density at radius 2 is 1.75 bits per heavy atom. The van der Waals surface area contributed by atoms with Crippen molar-refractivity contribution < 1.29 is 4.79 Å². The van der Waals surface area contributed by atoms with E-state index in [4.69, 9.17) is 4.99 Å². The number of hydrogen-bond donors (Lipinski definition) is 3. The van der Waals surface area contributed by atoms with Crippen LogP contribution in [0.25, 0.3) is 0 Å². The molecular formula is C18H35N5O. The third-order valence-electron chi connectivity index (χ3n) is 4.85. The summed E-state index contributed by atoms with van der Waals surface area (Å²) in [6.45, 7) is 12.0. The highest BCUT2D eigenvalue weighted by atomic mass is 16.2. The van der Waals surface area contributed by atoms with Crippen molar-refractivity contribution in [1.29, 1.82) is 0 Å². The van der Waals surface area contributed by atoms with Gasteiger partial charge in [0, 0.05) is 31.1 Å². The summed E-state index contributed by atoms with van der Waals surface area (Å²) in [5, 5.41) is 9.58. The smallest absolute Gasteiger partial charge is 0.223 e. The monoisotopic (exact) mass is 337 g/mol. The highest BCUT2D eigenvalue weighted by Crippen LogP contribution is 2.28. The minimum atomic E-state index is 0.0863. The van der Waals surface area contributed by atoms with Gasteiger partial charge in [-0.3, -0.25) is 14.7 Å². The normalized spacial score (nSPS) is 19.9. The van der Waals surface area contributed by atoms with E-state index in [1.807, 2.05) is 0 Å². The van der Waals surface area contributed by atoms with Gasteiger partial charge in [-0.2, -0.15) is 0 Å². The Hall–Kier alpha value is -1.30. The lowest BCUT2D eigenvalue weighted by Gasteiger charge is -2.40. The van der Waals surface area contributed by atoms with Crippen molar-refractivity contribution in [3.63, 3.8) is 0 Å². The number of nitrogens with zero attached hydrogens (tertiary/aromatic N) is 2. The van der Waals surface area contributed by atoms with Crippen molar-refractivity contribution >= 4 is 11.9 Å². The van der Waals surface area contributed by atoms with Gasteiger partial charge < -0.3 is 16.0 Å². The number of nitrogens with one attached hydrogen (secondary N) is 3. The Labute approximate surface area is 146 Å². The molecular weight excluding hydrogens is 302 g/mol. The van der Waals surface area contributed by atoms with Crippen molar-refractivity contribution in [2.75, 3.05) is 39.3 Å². The number of guanidine groups is 1. The van der Waals surface area contributed by atoms with Crippen LogP contribution < -0.4 is 16.0 Å². The molecule has 3 N–H and O–H groups in total. The quantitative estimate of drug-likeness (QED) is 0.355. The second kappa shape index (κ2) is 9.25. The number of aliphatic imine (C=N–C) groups is 1. The van der Waals surface area contributed by atoms with E-state index >= 15 is 0 Å². The van der Waals surface area contributed by atoms with Gasteiger partial charge >= 0.3 is 0 Å². The summed E-state index contributed by atoms with van der Waals surface area (Å²) in [6.07, 6.45) is 6.05. The molecule has 1 aliphatic carbocycles. The van der Waals surface area contributed by atoms with Crippen LogP contribution in [0.15, 0.2) is 4.99 Å². The second-order valence-corrected chi connectivity index (χ2v) is 7.55. The first-order valence-corrected chi connectivity index (χ1v) is 9.58. The third kappa shape index (κ3) is 6.30. The summed E-state index contributed by atoms with van der Waals surface area (Å²) in [5.74, 6) is 1.31. The molecule has 0 aromatic heterocycles. The zero-order chi connectivity index (χ0) is 17.4. The maximum atomic E-state index is 11.6. The van der Waals surface area contributed by atoms with Gasteiger partial charge in [0.15, 0.2) is 5.96 Å². The number of amides is 1. The molecule has 1 saturated carbocycles. The molecule has 1 saturated heterocycles. The van der Waals surface area contributed by atoms with Gasteiger partial charge in [0.25, 0.3) is 0 Å². The fourth-order valence-corrected chi connectivity index (χ4v) is 3.07. The van der Waals surface area contributed by atoms with Gasteiger partial charge in [0.2, 0.25) is 5.91 Å². The minimum Gasteiger partial charge on any atom is -0.357 e. The predicted octanol–water partition coefficient (Wildman–Crippen LogP) is 1.33. The number of carbonyl (C=O) groups excluding carboxylic acids is 1. The Kier molecular flexibility index (Phi) is 7.34. The van der Waals surface area contributed by atoms with Crippen molar-refractivity contribution in [1.82, 2.24) is 20.9 Å². The summed E-state index contributed by atoms with van der Waals surface area (Å²) in [7, 11) is 0. The van der Waals surface area contributed by atoms with Gasteiger partial charge in [-0.1, -0.05) is 6.42 Å². The van der Waals surface area contributed by atoms with Crippen molar-refractivity contribution in [3.8, 4) is 0 Å². The topological polar surface area (TPSA) is 68.8 Å². The summed E-state index contributed by atoms with van der Waals surface area (Å²) in [5.41, 5.74) is 0.0863. The van der Waals surface area contributed by atoms with Crippen LogP contribution in [-0.2, 0) is 4.79 Å². The Balaban J connectivity index is 1.74. The van der Waals surface area contributed by atoms with E-state index in [1.54, 1.807) is 0 Å². The predicted molar refractivity (Wildman–Crippen MR) is 99.2 cm³/mol. The van der Waals surface area contributed by atoms with Crippen molar-refractivity contribution in [2.45, 2.75) is 58.4 Å². The van der Waals surface area contributed by atoms with Crippen LogP contribution in [0.3, 0.4) is 0 Å². The average Bonchev–Trinajstić information content (AvgIpc) is 3.42. The van der Waals surface area contributed by atoms with E-state index in [1.165, 1.54) is 32.4 Å². The van der Waals surface area contributed by atoms with Gasteiger partial charge in [-0.05, 0) is 59.5 Å². The van der Waals surface area contributed by atoms with Crippen LogP contribution in [0.5, 0.6) is 0 Å². The Morgan fingerprint density at radius 3 is 2.38 bits per heavy atom. The molecule has 2 aliphatic rings. The van der Waals surface area contributed by atoms with E-state index < -0.39 is 0 Å². The van der Waals surface area contributed by atoms with Gasteiger partial charge in [-0.25, -0.2) is 0 Å². The molecule has 24 heavy (non-hydrogen) atoms. The van der Waals surface area contributed by atoms with Crippen molar-refractivity contribution in [2.24, 2.45) is 10.9 Å². The van der Waals surface area contributed by atoms with Gasteiger partial charge in [0.05, 0.1) is 6.54 Å². The molecule has 0 spiro atoms. The molecule has 2 fully saturated rings. The maximum Gasteiger partial charge on any atom is 0.223 e.